The van der Waals surface area contributed by atoms with Gasteiger partial charge in [-0.05, 0) is 12.8 Å². The number of methoxy groups -OCH3 is 1. The summed E-state index contributed by atoms with van der Waals surface area (Å²) < 4.78 is 7.17. The smallest absolute Gasteiger partial charge is 0.216 e. The molecule has 2 N–H and O–H groups in total. The normalized spacial score (nSPS) is 11.0. The highest BCUT2D eigenvalue weighted by Crippen LogP contribution is 2.26. The number of ether oxygens (including phenoxy) is 1. The fourth-order valence-electron chi connectivity index (χ4n) is 1.60. The standard InChI is InChI=1S/C10H19N3O/c1-5-13-10(14-4)8(6-11)9(12-13)7(2)3/h7H,5-6,11H2,1-4H3. The first-order chi connectivity index (χ1) is 6.65. The fourth-order valence-corrected chi connectivity index (χ4v) is 1.60. The lowest BCUT2D eigenvalue weighted by Gasteiger charge is -2.05. The summed E-state index contributed by atoms with van der Waals surface area (Å²) in [5.41, 5.74) is 7.78. The molecule has 0 aliphatic carbocycles. The molecule has 0 fully saturated rings. The van der Waals surface area contributed by atoms with Crippen molar-refractivity contribution in [2.75, 3.05) is 7.11 Å². The van der Waals surface area contributed by atoms with Gasteiger partial charge in [0.1, 0.15) is 0 Å². The van der Waals surface area contributed by atoms with Crippen molar-refractivity contribution in [3.8, 4) is 5.88 Å². The van der Waals surface area contributed by atoms with E-state index in [1.165, 1.54) is 0 Å². The second-order valence-electron chi connectivity index (χ2n) is 3.55. The van der Waals surface area contributed by atoms with Gasteiger partial charge in [0.25, 0.3) is 0 Å². The first-order valence-corrected chi connectivity index (χ1v) is 4.99. The maximum Gasteiger partial charge on any atom is 0.216 e. The van der Waals surface area contributed by atoms with Gasteiger partial charge in [0.05, 0.1) is 18.4 Å². The largest absolute Gasteiger partial charge is 0.481 e. The molecule has 4 nitrogen and oxygen atoms in total. The molecule has 4 heteroatoms. The minimum Gasteiger partial charge on any atom is -0.481 e. The molecule has 0 aromatic carbocycles. The van der Waals surface area contributed by atoms with E-state index in [1.54, 1.807) is 7.11 Å². The third-order valence-electron chi connectivity index (χ3n) is 2.27. The number of aryl methyl sites for hydroxylation is 1. The lowest BCUT2D eigenvalue weighted by atomic mass is 10.1. The van der Waals surface area contributed by atoms with Gasteiger partial charge in [0.2, 0.25) is 5.88 Å². The number of rotatable bonds is 4. The van der Waals surface area contributed by atoms with Crippen molar-refractivity contribution in [2.24, 2.45) is 5.73 Å². The van der Waals surface area contributed by atoms with Gasteiger partial charge < -0.3 is 10.5 Å². The molecule has 0 unspecified atom stereocenters. The Labute approximate surface area is 85.0 Å². The van der Waals surface area contributed by atoms with Crippen molar-refractivity contribution >= 4 is 0 Å². The molecule has 1 aromatic heterocycles. The first kappa shape index (κ1) is 11.0. The van der Waals surface area contributed by atoms with Crippen LogP contribution in [0.3, 0.4) is 0 Å². The Morgan fingerprint density at radius 2 is 2.14 bits per heavy atom. The van der Waals surface area contributed by atoms with E-state index in [2.05, 4.69) is 18.9 Å². The van der Waals surface area contributed by atoms with Crippen LogP contribution < -0.4 is 10.5 Å². The van der Waals surface area contributed by atoms with E-state index in [4.69, 9.17) is 10.5 Å². The van der Waals surface area contributed by atoms with Gasteiger partial charge in [-0.2, -0.15) is 5.10 Å². The molecule has 0 aliphatic heterocycles. The summed E-state index contributed by atoms with van der Waals surface area (Å²) in [6, 6.07) is 0. The van der Waals surface area contributed by atoms with Crippen LogP contribution in [0, 0.1) is 0 Å². The average Bonchev–Trinajstić information content (AvgIpc) is 2.54. The van der Waals surface area contributed by atoms with Gasteiger partial charge in [-0.25, -0.2) is 4.68 Å². The number of aromatic nitrogens is 2. The molecule has 1 aromatic rings. The third kappa shape index (κ3) is 1.75. The van der Waals surface area contributed by atoms with Crippen LogP contribution in [0.5, 0.6) is 5.88 Å². The summed E-state index contributed by atoms with van der Waals surface area (Å²) >= 11 is 0. The van der Waals surface area contributed by atoms with Crippen LogP contribution in [0.4, 0.5) is 0 Å². The number of hydrogen-bond donors (Lipinski definition) is 1. The van der Waals surface area contributed by atoms with Crippen LogP contribution in [0.15, 0.2) is 0 Å². The van der Waals surface area contributed by atoms with Gasteiger partial charge in [0, 0.05) is 13.1 Å². The van der Waals surface area contributed by atoms with Gasteiger partial charge in [-0.1, -0.05) is 13.8 Å². The maximum atomic E-state index is 5.70. The van der Waals surface area contributed by atoms with Crippen LogP contribution in [0.25, 0.3) is 0 Å². The SMILES string of the molecule is CCn1nc(C(C)C)c(CN)c1OC. The van der Waals surface area contributed by atoms with E-state index < -0.39 is 0 Å². The van der Waals surface area contributed by atoms with E-state index in [1.807, 2.05) is 11.6 Å². The van der Waals surface area contributed by atoms with E-state index >= 15 is 0 Å². The molecule has 0 saturated carbocycles. The van der Waals surface area contributed by atoms with E-state index in [-0.39, 0.29) is 0 Å². The lowest BCUT2D eigenvalue weighted by Crippen LogP contribution is -2.03. The minimum atomic E-state index is 0.384. The Kier molecular flexibility index (Phi) is 3.52. The summed E-state index contributed by atoms with van der Waals surface area (Å²) in [6.07, 6.45) is 0. The minimum absolute atomic E-state index is 0.384. The number of hydrogen-bond acceptors (Lipinski definition) is 3. The highest BCUT2D eigenvalue weighted by atomic mass is 16.5. The molecule has 0 bridgehead atoms. The number of nitrogens with two attached hydrogens (primary N) is 1. The molecular formula is C10H19N3O. The van der Waals surface area contributed by atoms with E-state index in [9.17, 15) is 0 Å². The molecular weight excluding hydrogens is 178 g/mol. The molecule has 80 valence electrons. The Hall–Kier alpha value is -1.03. The molecule has 0 saturated heterocycles. The molecule has 14 heavy (non-hydrogen) atoms. The predicted octanol–water partition coefficient (Wildman–Crippen LogP) is 1.49. The van der Waals surface area contributed by atoms with Gasteiger partial charge in [0.15, 0.2) is 0 Å². The van der Waals surface area contributed by atoms with Crippen LogP contribution in [-0.4, -0.2) is 16.9 Å². The van der Waals surface area contributed by atoms with Crippen molar-refractivity contribution in [3.63, 3.8) is 0 Å². The Morgan fingerprint density at radius 3 is 2.50 bits per heavy atom. The third-order valence-corrected chi connectivity index (χ3v) is 2.27. The summed E-state index contributed by atoms with van der Waals surface area (Å²) in [4.78, 5) is 0. The zero-order chi connectivity index (χ0) is 10.7. The summed E-state index contributed by atoms with van der Waals surface area (Å²) in [7, 11) is 1.66. The molecule has 1 rings (SSSR count). The Balaban J connectivity index is 3.24. The molecule has 0 aliphatic rings. The van der Waals surface area contributed by atoms with Gasteiger partial charge in [-0.15, -0.1) is 0 Å². The van der Waals surface area contributed by atoms with Crippen molar-refractivity contribution in [1.82, 2.24) is 9.78 Å². The molecule has 1 heterocycles. The van der Waals surface area contributed by atoms with Crippen molar-refractivity contribution in [1.29, 1.82) is 0 Å². The quantitative estimate of drug-likeness (QED) is 0.795. The Bertz CT molecular complexity index is 305. The summed E-state index contributed by atoms with van der Waals surface area (Å²) in [6.45, 7) is 7.56. The average molecular weight is 197 g/mol. The van der Waals surface area contributed by atoms with Crippen molar-refractivity contribution in [2.45, 2.75) is 39.8 Å². The van der Waals surface area contributed by atoms with Crippen LogP contribution in [-0.2, 0) is 13.1 Å². The highest BCUT2D eigenvalue weighted by Gasteiger charge is 2.18. The summed E-state index contributed by atoms with van der Waals surface area (Å²) in [5, 5.41) is 4.48. The van der Waals surface area contributed by atoms with Crippen LogP contribution in [0.1, 0.15) is 37.9 Å². The highest BCUT2D eigenvalue weighted by molar-refractivity contribution is 5.33. The molecule has 0 radical (unpaired) electrons. The van der Waals surface area contributed by atoms with E-state index in [0.29, 0.717) is 12.5 Å². The molecule has 0 spiro atoms. The molecule has 0 atom stereocenters. The second-order valence-corrected chi connectivity index (χ2v) is 3.55. The van der Waals surface area contributed by atoms with Crippen molar-refractivity contribution < 1.29 is 4.74 Å². The van der Waals surface area contributed by atoms with Crippen LogP contribution >= 0.6 is 0 Å². The fraction of sp³-hybridized carbons (Fsp3) is 0.700. The molecule has 0 amide bonds. The maximum absolute atomic E-state index is 5.70. The van der Waals surface area contributed by atoms with Crippen molar-refractivity contribution in [3.05, 3.63) is 11.3 Å². The van der Waals surface area contributed by atoms with Crippen LogP contribution in [0.2, 0.25) is 0 Å². The predicted molar refractivity (Wildman–Crippen MR) is 56.4 cm³/mol. The van der Waals surface area contributed by atoms with E-state index in [0.717, 1.165) is 23.7 Å². The first-order valence-electron chi connectivity index (χ1n) is 4.99. The lowest BCUT2D eigenvalue weighted by molar-refractivity contribution is 0.360. The zero-order valence-corrected chi connectivity index (χ0v) is 9.37. The monoisotopic (exact) mass is 197 g/mol. The topological polar surface area (TPSA) is 53.1 Å². The Morgan fingerprint density at radius 1 is 1.50 bits per heavy atom. The van der Waals surface area contributed by atoms with Gasteiger partial charge in [-0.3, -0.25) is 0 Å². The second kappa shape index (κ2) is 4.46. The summed E-state index contributed by atoms with van der Waals surface area (Å²) in [5.74, 6) is 1.19. The van der Waals surface area contributed by atoms with Gasteiger partial charge >= 0.3 is 0 Å². The number of nitrogens with zero attached hydrogens (tertiary/aromatic N) is 2. The zero-order valence-electron chi connectivity index (χ0n) is 9.37.